The molecule has 2 aromatic carbocycles. The SMILES string of the molecule is CC(C)Cn1ncc2cc(Oc3ccc(F)cc3F)c(S(=O)(=O)NC(CCN(C)C)C(=O)O)cc21. The lowest BCUT2D eigenvalue weighted by atomic mass is 10.2. The smallest absolute Gasteiger partial charge is 0.321 e. The number of nitrogens with one attached hydrogen (secondary N) is 1. The van der Waals surface area contributed by atoms with Crippen LogP contribution in [0.1, 0.15) is 20.3 Å². The van der Waals surface area contributed by atoms with E-state index in [1.807, 2.05) is 13.8 Å². The van der Waals surface area contributed by atoms with Gasteiger partial charge in [-0.15, -0.1) is 0 Å². The highest BCUT2D eigenvalue weighted by atomic mass is 32.2. The largest absolute Gasteiger partial charge is 0.480 e. The molecule has 35 heavy (non-hydrogen) atoms. The number of hydrogen-bond acceptors (Lipinski definition) is 6. The van der Waals surface area contributed by atoms with Crippen molar-refractivity contribution >= 4 is 26.9 Å². The topological polar surface area (TPSA) is 114 Å². The van der Waals surface area contributed by atoms with Crippen LogP contribution in [0.2, 0.25) is 0 Å². The van der Waals surface area contributed by atoms with Crippen molar-refractivity contribution in [1.82, 2.24) is 19.4 Å². The number of sulfonamides is 1. The number of halogens is 2. The highest BCUT2D eigenvalue weighted by molar-refractivity contribution is 7.89. The first kappa shape index (κ1) is 26.5. The maximum absolute atomic E-state index is 14.3. The fourth-order valence-electron chi connectivity index (χ4n) is 3.41. The maximum atomic E-state index is 14.3. The summed E-state index contributed by atoms with van der Waals surface area (Å²) < 4.78 is 63.8. The minimum atomic E-state index is -4.45. The molecule has 190 valence electrons. The number of carbonyl (C=O) groups is 1. The zero-order valence-electron chi connectivity index (χ0n) is 19.8. The van der Waals surface area contributed by atoms with Gasteiger partial charge in [0.15, 0.2) is 11.6 Å². The second kappa shape index (κ2) is 10.7. The lowest BCUT2D eigenvalue weighted by Gasteiger charge is -2.19. The van der Waals surface area contributed by atoms with Crippen LogP contribution in [0.15, 0.2) is 41.4 Å². The molecular weight excluding hydrogens is 482 g/mol. The zero-order valence-corrected chi connectivity index (χ0v) is 20.6. The Balaban J connectivity index is 2.11. The van der Waals surface area contributed by atoms with Crippen LogP contribution in [0.5, 0.6) is 11.5 Å². The molecular formula is C23H28F2N4O5S. The van der Waals surface area contributed by atoms with Crippen LogP contribution in [0.4, 0.5) is 8.78 Å². The maximum Gasteiger partial charge on any atom is 0.321 e. The normalized spacial score (nSPS) is 13.0. The van der Waals surface area contributed by atoms with Gasteiger partial charge in [-0.1, -0.05) is 13.8 Å². The van der Waals surface area contributed by atoms with Crippen LogP contribution < -0.4 is 9.46 Å². The number of fused-ring (bicyclic) bond motifs is 1. The second-order valence-corrected chi connectivity index (χ2v) is 10.5. The van der Waals surface area contributed by atoms with E-state index in [-0.39, 0.29) is 23.8 Å². The average Bonchev–Trinajstić information content (AvgIpc) is 3.13. The van der Waals surface area contributed by atoms with Gasteiger partial charge in [0.25, 0.3) is 0 Å². The fraction of sp³-hybridized carbons (Fsp3) is 0.391. The fourth-order valence-corrected chi connectivity index (χ4v) is 4.77. The Morgan fingerprint density at radius 2 is 1.91 bits per heavy atom. The Morgan fingerprint density at radius 3 is 2.51 bits per heavy atom. The van der Waals surface area contributed by atoms with Crippen molar-refractivity contribution < 1.29 is 31.8 Å². The second-order valence-electron chi connectivity index (χ2n) is 8.86. The molecule has 0 radical (unpaired) electrons. The van der Waals surface area contributed by atoms with Gasteiger partial charge < -0.3 is 14.7 Å². The van der Waals surface area contributed by atoms with Crippen LogP contribution in [0.25, 0.3) is 10.9 Å². The number of aromatic nitrogens is 2. The number of ether oxygens (including phenoxy) is 1. The molecule has 0 spiro atoms. The molecule has 0 saturated heterocycles. The number of benzene rings is 2. The summed E-state index contributed by atoms with van der Waals surface area (Å²) in [6, 6.07) is 3.92. The third-order valence-electron chi connectivity index (χ3n) is 5.11. The molecule has 9 nitrogen and oxygen atoms in total. The predicted octanol–water partition coefficient (Wildman–Crippen LogP) is 3.45. The van der Waals surface area contributed by atoms with Gasteiger partial charge in [0.1, 0.15) is 22.5 Å². The molecule has 1 atom stereocenters. The molecule has 0 saturated carbocycles. The average molecular weight is 511 g/mol. The molecule has 2 N–H and O–H groups in total. The third-order valence-corrected chi connectivity index (χ3v) is 6.60. The molecule has 0 aliphatic carbocycles. The summed E-state index contributed by atoms with van der Waals surface area (Å²) >= 11 is 0. The summed E-state index contributed by atoms with van der Waals surface area (Å²) in [5.41, 5.74) is 0.478. The highest BCUT2D eigenvalue weighted by Crippen LogP contribution is 2.34. The van der Waals surface area contributed by atoms with E-state index in [2.05, 4.69) is 9.82 Å². The highest BCUT2D eigenvalue weighted by Gasteiger charge is 2.29. The number of nitrogens with zero attached hydrogens (tertiary/aromatic N) is 3. The Labute approximate surface area is 202 Å². The van der Waals surface area contributed by atoms with Gasteiger partial charge in [0, 0.05) is 18.0 Å². The summed E-state index contributed by atoms with van der Waals surface area (Å²) in [6.45, 7) is 4.78. The van der Waals surface area contributed by atoms with E-state index in [1.165, 1.54) is 18.3 Å². The molecule has 0 bridgehead atoms. The molecule has 1 heterocycles. The lowest BCUT2D eigenvalue weighted by molar-refractivity contribution is -0.139. The Kier molecular flexibility index (Phi) is 8.08. The molecule has 0 aliphatic heterocycles. The minimum Gasteiger partial charge on any atom is -0.480 e. The van der Waals surface area contributed by atoms with E-state index in [4.69, 9.17) is 4.74 Å². The first-order valence-corrected chi connectivity index (χ1v) is 12.4. The van der Waals surface area contributed by atoms with Crippen LogP contribution in [-0.4, -0.2) is 60.9 Å². The van der Waals surface area contributed by atoms with E-state index < -0.39 is 38.6 Å². The lowest BCUT2D eigenvalue weighted by Crippen LogP contribution is -2.42. The van der Waals surface area contributed by atoms with Gasteiger partial charge >= 0.3 is 5.97 Å². The summed E-state index contributed by atoms with van der Waals surface area (Å²) in [6.07, 6.45) is 1.53. The Bertz CT molecular complexity index is 1320. The molecule has 12 heteroatoms. The first-order valence-electron chi connectivity index (χ1n) is 10.9. The van der Waals surface area contributed by atoms with Crippen molar-refractivity contribution in [1.29, 1.82) is 0 Å². The minimum absolute atomic E-state index is 0.0118. The van der Waals surface area contributed by atoms with Crippen LogP contribution in [-0.2, 0) is 21.4 Å². The van der Waals surface area contributed by atoms with E-state index in [0.29, 0.717) is 30.1 Å². The Hall–Kier alpha value is -3.09. The number of aliphatic carboxylic acids is 1. The third kappa shape index (κ3) is 6.53. The van der Waals surface area contributed by atoms with Gasteiger partial charge in [-0.05, 0) is 57.2 Å². The van der Waals surface area contributed by atoms with Gasteiger partial charge in [0.05, 0.1) is 11.7 Å². The molecule has 1 unspecified atom stereocenters. The Morgan fingerprint density at radius 1 is 1.20 bits per heavy atom. The van der Waals surface area contributed by atoms with Crippen molar-refractivity contribution in [2.24, 2.45) is 5.92 Å². The van der Waals surface area contributed by atoms with E-state index >= 15 is 0 Å². The van der Waals surface area contributed by atoms with E-state index in [9.17, 15) is 27.1 Å². The standard InChI is InChI=1S/C23H28F2N4O5S/c1-14(2)13-29-19-11-22(35(32,33)27-18(23(30)31)7-8-28(3)4)21(9-15(19)12-26-29)34-20-6-5-16(24)10-17(20)25/h5-6,9-12,14,18,27H,7-8,13H2,1-4H3,(H,30,31). The van der Waals surface area contributed by atoms with Crippen molar-refractivity contribution in [3.63, 3.8) is 0 Å². The van der Waals surface area contributed by atoms with Crippen LogP contribution >= 0.6 is 0 Å². The summed E-state index contributed by atoms with van der Waals surface area (Å²) in [7, 11) is -0.978. The molecule has 0 aliphatic rings. The number of carboxylic acid groups (broad SMARTS) is 1. The first-order chi connectivity index (χ1) is 16.4. The molecule has 3 aromatic rings. The van der Waals surface area contributed by atoms with E-state index in [1.54, 1.807) is 23.7 Å². The summed E-state index contributed by atoms with van der Waals surface area (Å²) in [5.74, 6) is -3.61. The van der Waals surface area contributed by atoms with Crippen molar-refractivity contribution in [2.45, 2.75) is 37.8 Å². The van der Waals surface area contributed by atoms with Gasteiger partial charge in [-0.25, -0.2) is 17.2 Å². The number of rotatable bonds is 11. The van der Waals surface area contributed by atoms with E-state index in [0.717, 1.165) is 12.1 Å². The van der Waals surface area contributed by atoms with Crippen molar-refractivity contribution in [3.05, 3.63) is 48.2 Å². The predicted molar refractivity (Wildman–Crippen MR) is 126 cm³/mol. The monoisotopic (exact) mass is 510 g/mol. The number of hydrogen-bond donors (Lipinski definition) is 2. The van der Waals surface area contributed by atoms with Gasteiger partial charge in [-0.3, -0.25) is 9.48 Å². The quantitative estimate of drug-likeness (QED) is 0.406. The molecule has 3 rings (SSSR count). The van der Waals surface area contributed by atoms with Gasteiger partial charge in [0.2, 0.25) is 10.0 Å². The molecule has 0 amide bonds. The van der Waals surface area contributed by atoms with Crippen molar-refractivity contribution in [2.75, 3.05) is 20.6 Å². The number of carboxylic acids is 1. The van der Waals surface area contributed by atoms with Gasteiger partial charge in [-0.2, -0.15) is 9.82 Å². The van der Waals surface area contributed by atoms with Crippen LogP contribution in [0.3, 0.4) is 0 Å². The summed E-state index contributed by atoms with van der Waals surface area (Å²) in [5, 5.41) is 14.4. The van der Waals surface area contributed by atoms with Crippen LogP contribution in [0, 0.1) is 17.6 Å². The molecule has 1 aromatic heterocycles. The van der Waals surface area contributed by atoms with Crippen molar-refractivity contribution in [3.8, 4) is 11.5 Å². The summed E-state index contributed by atoms with van der Waals surface area (Å²) in [4.78, 5) is 13.1. The zero-order chi connectivity index (χ0) is 25.9. The molecule has 0 fully saturated rings.